The molecule has 0 aromatic heterocycles. The number of phosphoric acid groups is 2. The van der Waals surface area contributed by atoms with Crippen molar-refractivity contribution in [2.75, 3.05) is 26.4 Å². The molecular formula is C44H80O17P2. The number of hydrogen-bond acceptors (Lipinski definition) is 14. The Bertz CT molecular complexity index is 1370. The molecule has 17 nitrogen and oxygen atoms in total. The number of allylic oxidation sites excluding steroid dienone is 4. The Hall–Kier alpha value is -1.82. The molecule has 0 saturated carbocycles. The van der Waals surface area contributed by atoms with Crippen molar-refractivity contribution < 1.29 is 81.6 Å². The monoisotopic (exact) mass is 942 g/mol. The molecular weight excluding hydrogens is 862 g/mol. The van der Waals surface area contributed by atoms with Gasteiger partial charge in [-0.05, 0) is 57.8 Å². The zero-order valence-electron chi connectivity index (χ0n) is 37.7. The fourth-order valence-electron chi connectivity index (χ4n) is 6.68. The summed E-state index contributed by atoms with van der Waals surface area (Å²) >= 11 is 0. The highest BCUT2D eigenvalue weighted by molar-refractivity contribution is 7.47. The van der Waals surface area contributed by atoms with Crippen molar-refractivity contribution in [2.24, 2.45) is 5.92 Å². The van der Waals surface area contributed by atoms with Gasteiger partial charge in [-0.3, -0.25) is 23.2 Å². The molecule has 1 aliphatic heterocycles. The van der Waals surface area contributed by atoms with Crippen LogP contribution in [0.2, 0.25) is 0 Å². The first-order chi connectivity index (χ1) is 30.0. The van der Waals surface area contributed by atoms with E-state index in [4.69, 9.17) is 28.5 Å². The van der Waals surface area contributed by atoms with Crippen molar-refractivity contribution in [1.29, 1.82) is 0 Å². The zero-order chi connectivity index (χ0) is 46.8. The number of aliphatic hydroxyl groups excluding tert-OH is 4. The number of phosphoric ester groups is 2. The van der Waals surface area contributed by atoms with Gasteiger partial charge in [0.15, 0.2) is 12.4 Å². The maximum atomic E-state index is 12.7. The van der Waals surface area contributed by atoms with Crippen LogP contribution in [0, 0.1) is 5.92 Å². The summed E-state index contributed by atoms with van der Waals surface area (Å²) in [4.78, 5) is 53.0. The molecule has 1 saturated heterocycles. The van der Waals surface area contributed by atoms with E-state index >= 15 is 0 Å². The number of aliphatic hydroxyl groups is 4. The van der Waals surface area contributed by atoms with Gasteiger partial charge in [0.05, 0.1) is 38.1 Å². The van der Waals surface area contributed by atoms with Crippen molar-refractivity contribution in [1.82, 2.24) is 0 Å². The SMILES string of the molecule is CCCCCC/C=C\CCCCCCCCCC(=O)O[C@H](COC(=O)CCC/C=C\C[C@H]1[C@@H](O)CC(O)O[C@@H]1/C=C/[C@@H](O)CCCCC)COP(=O)(O)OC[C@@H](O)COP(=O)(O)O. The van der Waals surface area contributed by atoms with E-state index in [2.05, 4.69) is 35.0 Å². The average molecular weight is 943 g/mol. The first kappa shape index (κ1) is 59.2. The summed E-state index contributed by atoms with van der Waals surface area (Å²) in [7, 11) is -9.78. The molecule has 0 aromatic rings. The summed E-state index contributed by atoms with van der Waals surface area (Å²) in [6.07, 6.45) is 24.6. The molecule has 19 heteroatoms. The molecule has 0 aliphatic carbocycles. The van der Waals surface area contributed by atoms with Crippen LogP contribution in [0.5, 0.6) is 0 Å². The highest BCUT2D eigenvalue weighted by Gasteiger charge is 2.35. The van der Waals surface area contributed by atoms with E-state index in [9.17, 15) is 44.0 Å². The Morgan fingerprint density at radius 3 is 1.90 bits per heavy atom. The number of carbonyl (C=O) groups is 2. The van der Waals surface area contributed by atoms with Gasteiger partial charge in [-0.2, -0.15) is 0 Å². The summed E-state index contributed by atoms with van der Waals surface area (Å²) in [5.41, 5.74) is 0. The maximum absolute atomic E-state index is 12.7. The van der Waals surface area contributed by atoms with E-state index in [1.165, 1.54) is 25.7 Å². The average Bonchev–Trinajstić information content (AvgIpc) is 3.22. The van der Waals surface area contributed by atoms with Gasteiger partial charge >= 0.3 is 27.6 Å². The molecule has 2 unspecified atom stereocenters. The lowest BCUT2D eigenvalue weighted by Crippen LogP contribution is -2.43. The summed E-state index contributed by atoms with van der Waals surface area (Å²) in [6, 6.07) is 0. The van der Waals surface area contributed by atoms with E-state index in [0.717, 1.165) is 70.6 Å². The van der Waals surface area contributed by atoms with E-state index in [1.54, 1.807) is 12.2 Å². The van der Waals surface area contributed by atoms with Gasteiger partial charge in [-0.15, -0.1) is 0 Å². The predicted octanol–water partition coefficient (Wildman–Crippen LogP) is 7.78. The van der Waals surface area contributed by atoms with E-state index in [-0.39, 0.29) is 25.2 Å². The van der Waals surface area contributed by atoms with Crippen molar-refractivity contribution in [3.8, 4) is 0 Å². The highest BCUT2D eigenvalue weighted by Crippen LogP contribution is 2.44. The summed E-state index contributed by atoms with van der Waals surface area (Å²) in [5, 5.41) is 40.7. The molecule has 7 N–H and O–H groups in total. The van der Waals surface area contributed by atoms with Gasteiger partial charge in [0.25, 0.3) is 0 Å². The van der Waals surface area contributed by atoms with Crippen molar-refractivity contribution in [2.45, 2.75) is 198 Å². The van der Waals surface area contributed by atoms with Crippen LogP contribution in [0.4, 0.5) is 0 Å². The minimum atomic E-state index is -4.90. The second-order valence-corrected chi connectivity index (χ2v) is 18.9. The molecule has 0 spiro atoms. The smallest absolute Gasteiger partial charge is 0.462 e. The van der Waals surface area contributed by atoms with Gasteiger partial charge in [-0.25, -0.2) is 9.13 Å². The molecule has 63 heavy (non-hydrogen) atoms. The summed E-state index contributed by atoms with van der Waals surface area (Å²) in [6.45, 7) is 1.33. The Kier molecular flexibility index (Phi) is 34.1. The summed E-state index contributed by atoms with van der Waals surface area (Å²) < 4.78 is 53.5. The lowest BCUT2D eigenvalue weighted by Gasteiger charge is -2.36. The molecule has 0 bridgehead atoms. The Labute approximate surface area is 375 Å². The zero-order valence-corrected chi connectivity index (χ0v) is 39.5. The molecule has 1 rings (SSSR count). The van der Waals surface area contributed by atoms with Gasteiger partial charge in [-0.1, -0.05) is 121 Å². The van der Waals surface area contributed by atoms with Crippen LogP contribution < -0.4 is 0 Å². The third-order valence-electron chi connectivity index (χ3n) is 10.3. The van der Waals surface area contributed by atoms with E-state index < -0.39 is 90.8 Å². The first-order valence-corrected chi connectivity index (χ1v) is 26.1. The Morgan fingerprint density at radius 1 is 0.683 bits per heavy atom. The van der Waals surface area contributed by atoms with E-state index in [0.29, 0.717) is 32.1 Å². The fourth-order valence-corrected chi connectivity index (χ4v) is 7.83. The van der Waals surface area contributed by atoms with Gasteiger partial charge in [0.2, 0.25) is 0 Å². The standard InChI is InChI=1S/C44H80O17P2/c1-3-5-7-8-9-10-11-12-13-14-15-16-17-18-24-28-43(49)60-38(35-59-63(54,55)58-33-37(46)32-57-62(51,52)53)34-56-42(48)27-23-20-19-22-26-39-40(47)31-44(50)61-41(39)30-29-36(45)25-21-6-4-2/h10-11,19,22,29-30,36-41,44-47,50H,3-9,12-18,20-21,23-28,31-35H2,1-2H3,(H,54,55)(H2,51,52,53)/b11-10-,22-19-,30-29+/t36-,37-,38+,39-,40-,41+,44?/m0/s1. The Balaban J connectivity index is 2.58. The van der Waals surface area contributed by atoms with Crippen LogP contribution in [0.15, 0.2) is 36.5 Å². The maximum Gasteiger partial charge on any atom is 0.472 e. The van der Waals surface area contributed by atoms with Gasteiger partial charge in [0.1, 0.15) is 12.7 Å². The quantitative estimate of drug-likeness (QED) is 0.0134. The largest absolute Gasteiger partial charge is 0.472 e. The minimum absolute atomic E-state index is 0.000500. The molecule has 0 amide bonds. The third-order valence-corrected chi connectivity index (χ3v) is 11.7. The third kappa shape index (κ3) is 34.2. The molecule has 1 aliphatic rings. The lowest BCUT2D eigenvalue weighted by atomic mass is 9.87. The second kappa shape index (κ2) is 36.3. The number of rotatable bonds is 39. The number of esters is 2. The van der Waals surface area contributed by atoms with Crippen LogP contribution in [-0.2, 0) is 46.5 Å². The van der Waals surface area contributed by atoms with E-state index in [1.807, 2.05) is 12.2 Å². The normalized spacial score (nSPS) is 20.9. The van der Waals surface area contributed by atoms with Crippen LogP contribution in [-0.4, -0.2) is 110 Å². The Morgan fingerprint density at radius 2 is 1.24 bits per heavy atom. The molecule has 8 atom stereocenters. The number of unbranched alkanes of at least 4 members (excludes halogenated alkanes) is 14. The van der Waals surface area contributed by atoms with Crippen molar-refractivity contribution in [3.63, 3.8) is 0 Å². The molecule has 1 fully saturated rings. The fraction of sp³-hybridized carbons (Fsp3) is 0.818. The van der Waals surface area contributed by atoms with Gasteiger partial charge < -0.3 is 49.3 Å². The molecule has 368 valence electrons. The lowest BCUT2D eigenvalue weighted by molar-refractivity contribution is -0.199. The van der Waals surface area contributed by atoms with Crippen LogP contribution >= 0.6 is 15.6 Å². The molecule has 0 radical (unpaired) electrons. The topological polar surface area (TPSA) is 265 Å². The number of carbonyl (C=O) groups excluding carboxylic acids is 2. The molecule has 1 heterocycles. The first-order valence-electron chi connectivity index (χ1n) is 23.1. The minimum Gasteiger partial charge on any atom is -0.462 e. The second-order valence-electron chi connectivity index (χ2n) is 16.2. The summed E-state index contributed by atoms with van der Waals surface area (Å²) in [5.74, 6) is -1.58. The van der Waals surface area contributed by atoms with Crippen LogP contribution in [0.25, 0.3) is 0 Å². The van der Waals surface area contributed by atoms with Crippen molar-refractivity contribution >= 4 is 27.6 Å². The van der Waals surface area contributed by atoms with Crippen LogP contribution in [0.3, 0.4) is 0 Å². The number of ether oxygens (including phenoxy) is 3. The highest BCUT2D eigenvalue weighted by atomic mass is 31.2. The van der Waals surface area contributed by atoms with Crippen molar-refractivity contribution in [3.05, 3.63) is 36.5 Å². The predicted molar refractivity (Wildman–Crippen MR) is 238 cm³/mol. The molecule has 0 aromatic carbocycles. The van der Waals surface area contributed by atoms with Gasteiger partial charge in [0, 0.05) is 25.2 Å². The van der Waals surface area contributed by atoms with Crippen LogP contribution in [0.1, 0.15) is 162 Å². The number of hydrogen-bond donors (Lipinski definition) is 7.